The fourth-order valence-electron chi connectivity index (χ4n) is 0.993. The van der Waals surface area contributed by atoms with E-state index in [1.807, 2.05) is 0 Å². The van der Waals surface area contributed by atoms with Crippen molar-refractivity contribution < 1.29 is 24.1 Å². The van der Waals surface area contributed by atoms with Crippen molar-refractivity contribution in [2.24, 2.45) is 0 Å². The number of aliphatic hydroxyl groups excluding tert-OH is 1. The monoisotopic (exact) mass is 278 g/mol. The van der Waals surface area contributed by atoms with Gasteiger partial charge in [-0.3, -0.25) is 4.79 Å². The van der Waals surface area contributed by atoms with Crippen LogP contribution in [-0.2, 0) is 19.0 Å². The van der Waals surface area contributed by atoms with E-state index in [2.05, 4.69) is 18.6 Å². The fourth-order valence-corrected chi connectivity index (χ4v) is 0.993. The summed E-state index contributed by atoms with van der Waals surface area (Å²) < 4.78 is 14.8. The van der Waals surface area contributed by atoms with E-state index in [4.69, 9.17) is 14.6 Å². The summed E-state index contributed by atoms with van der Waals surface area (Å²) in [5, 5.41) is 8.34. The van der Waals surface area contributed by atoms with Crippen LogP contribution >= 0.6 is 0 Å². The summed E-state index contributed by atoms with van der Waals surface area (Å²) >= 11 is 0. The van der Waals surface area contributed by atoms with Crippen LogP contribution in [0, 0.1) is 0 Å². The summed E-state index contributed by atoms with van der Waals surface area (Å²) in [4.78, 5) is 10.1. The van der Waals surface area contributed by atoms with Gasteiger partial charge in [0.1, 0.15) is 0 Å². The second kappa shape index (κ2) is 19.7. The third-order valence-corrected chi connectivity index (χ3v) is 2.05. The van der Waals surface area contributed by atoms with Gasteiger partial charge in [0.2, 0.25) is 0 Å². The van der Waals surface area contributed by atoms with Gasteiger partial charge in [0.05, 0.1) is 33.0 Å². The highest BCUT2D eigenvalue weighted by Gasteiger charge is 1.88. The molecule has 0 amide bonds. The third kappa shape index (κ3) is 26.8. The Labute approximate surface area is 117 Å². The van der Waals surface area contributed by atoms with E-state index in [1.165, 1.54) is 6.92 Å². The van der Waals surface area contributed by atoms with Crippen LogP contribution in [0.15, 0.2) is 0 Å². The zero-order valence-corrected chi connectivity index (χ0v) is 12.7. The number of carbonyl (C=O) groups is 1. The molecule has 1 N–H and O–H groups in total. The smallest absolute Gasteiger partial charge is 0.302 e. The molecule has 0 aliphatic rings. The van der Waals surface area contributed by atoms with Crippen LogP contribution in [0.3, 0.4) is 0 Å². The van der Waals surface area contributed by atoms with E-state index in [-0.39, 0.29) is 12.6 Å². The quantitative estimate of drug-likeness (QED) is 0.463. The third-order valence-electron chi connectivity index (χ3n) is 2.05. The van der Waals surface area contributed by atoms with Gasteiger partial charge in [-0.1, -0.05) is 26.7 Å². The van der Waals surface area contributed by atoms with Crippen molar-refractivity contribution in [1.82, 2.24) is 0 Å². The molecule has 0 aliphatic heterocycles. The van der Waals surface area contributed by atoms with Crippen LogP contribution < -0.4 is 0 Å². The zero-order chi connectivity index (χ0) is 14.8. The van der Waals surface area contributed by atoms with E-state index in [1.54, 1.807) is 0 Å². The Morgan fingerprint density at radius 2 is 1.42 bits per heavy atom. The van der Waals surface area contributed by atoms with Crippen LogP contribution in [0.5, 0.6) is 0 Å². The van der Waals surface area contributed by atoms with Crippen LogP contribution in [0.25, 0.3) is 0 Å². The normalized spacial score (nSPS) is 9.68. The van der Waals surface area contributed by atoms with Crippen molar-refractivity contribution in [3.63, 3.8) is 0 Å². The Morgan fingerprint density at radius 1 is 0.895 bits per heavy atom. The van der Waals surface area contributed by atoms with Crippen molar-refractivity contribution in [3.05, 3.63) is 0 Å². The topological polar surface area (TPSA) is 65.0 Å². The lowest BCUT2D eigenvalue weighted by atomic mass is 10.4. The van der Waals surface area contributed by atoms with E-state index in [0.29, 0.717) is 26.4 Å². The van der Waals surface area contributed by atoms with Crippen LogP contribution in [0.1, 0.15) is 46.5 Å². The molecule has 0 spiro atoms. The Balaban J connectivity index is 0. The van der Waals surface area contributed by atoms with Crippen molar-refractivity contribution in [1.29, 1.82) is 0 Å². The molecule has 0 atom stereocenters. The largest absolute Gasteiger partial charge is 0.466 e. The lowest BCUT2D eigenvalue weighted by Gasteiger charge is -2.02. The van der Waals surface area contributed by atoms with Gasteiger partial charge >= 0.3 is 5.97 Å². The number of ether oxygens (including phenoxy) is 3. The maximum Gasteiger partial charge on any atom is 0.302 e. The van der Waals surface area contributed by atoms with E-state index >= 15 is 0 Å². The van der Waals surface area contributed by atoms with Gasteiger partial charge in [-0.25, -0.2) is 0 Å². The molecule has 0 fully saturated rings. The number of aliphatic hydroxyl groups is 1. The van der Waals surface area contributed by atoms with Gasteiger partial charge in [0.15, 0.2) is 0 Å². The van der Waals surface area contributed by atoms with Crippen molar-refractivity contribution in [2.45, 2.75) is 46.5 Å². The first-order chi connectivity index (χ1) is 9.18. The molecule has 0 heterocycles. The van der Waals surface area contributed by atoms with E-state index < -0.39 is 0 Å². The van der Waals surface area contributed by atoms with Gasteiger partial charge in [0.25, 0.3) is 0 Å². The van der Waals surface area contributed by atoms with Crippen LogP contribution in [0.4, 0.5) is 0 Å². The Kier molecular flexibility index (Phi) is 21.4. The Morgan fingerprint density at radius 3 is 1.89 bits per heavy atom. The molecule has 0 saturated carbocycles. The SMILES string of the molecule is CCCCOC(C)=O.CCCCOCCOCCO. The summed E-state index contributed by atoms with van der Waals surface area (Å²) in [6.45, 7) is 8.74. The summed E-state index contributed by atoms with van der Waals surface area (Å²) in [7, 11) is 0. The highest BCUT2D eigenvalue weighted by molar-refractivity contribution is 5.65. The molecule has 0 rings (SSSR count). The van der Waals surface area contributed by atoms with Gasteiger partial charge in [-0.15, -0.1) is 0 Å². The predicted molar refractivity (Wildman–Crippen MR) is 75.2 cm³/mol. The molecule has 19 heavy (non-hydrogen) atoms. The molecule has 0 saturated heterocycles. The summed E-state index contributed by atoms with van der Waals surface area (Å²) in [6.07, 6.45) is 4.32. The molecule has 0 unspecified atom stereocenters. The minimum atomic E-state index is -0.182. The maximum atomic E-state index is 10.1. The van der Waals surface area contributed by atoms with Gasteiger partial charge in [-0.2, -0.15) is 0 Å². The molecule has 0 radical (unpaired) electrons. The zero-order valence-electron chi connectivity index (χ0n) is 12.7. The number of esters is 1. The number of carbonyl (C=O) groups excluding carboxylic acids is 1. The van der Waals surface area contributed by atoms with Gasteiger partial charge in [0, 0.05) is 13.5 Å². The second-order valence-electron chi connectivity index (χ2n) is 4.00. The van der Waals surface area contributed by atoms with Crippen LogP contribution in [0.2, 0.25) is 0 Å². The second-order valence-corrected chi connectivity index (χ2v) is 4.00. The number of hydrogen-bond acceptors (Lipinski definition) is 5. The first-order valence-electron chi connectivity index (χ1n) is 7.08. The summed E-state index contributed by atoms with van der Waals surface area (Å²) in [5.74, 6) is -0.182. The lowest BCUT2D eigenvalue weighted by molar-refractivity contribution is -0.141. The molecular weight excluding hydrogens is 248 g/mol. The first-order valence-corrected chi connectivity index (χ1v) is 7.08. The maximum absolute atomic E-state index is 10.1. The number of unbranched alkanes of at least 4 members (excludes halogenated alkanes) is 2. The lowest BCUT2D eigenvalue weighted by Crippen LogP contribution is -2.07. The molecule has 0 bridgehead atoms. The highest BCUT2D eigenvalue weighted by Crippen LogP contribution is 1.87. The fraction of sp³-hybridized carbons (Fsp3) is 0.929. The minimum Gasteiger partial charge on any atom is -0.466 e. The average Bonchev–Trinajstić information content (AvgIpc) is 2.39. The molecule has 0 aromatic rings. The standard InChI is InChI=1S/C8H18O3.C6H12O2/c1-2-3-5-10-7-8-11-6-4-9;1-3-4-5-8-6(2)7/h9H,2-8H2,1H3;3-5H2,1-2H3. The summed E-state index contributed by atoms with van der Waals surface area (Å²) in [6, 6.07) is 0. The van der Waals surface area contributed by atoms with Crippen LogP contribution in [-0.4, -0.2) is 50.7 Å². The highest BCUT2D eigenvalue weighted by atomic mass is 16.5. The Hall–Kier alpha value is -0.650. The van der Waals surface area contributed by atoms with E-state index in [0.717, 1.165) is 32.3 Å². The molecule has 5 heteroatoms. The predicted octanol–water partition coefficient (Wildman–Crippen LogP) is 2.16. The number of hydrogen-bond donors (Lipinski definition) is 1. The minimum absolute atomic E-state index is 0.0922. The molecule has 0 aliphatic carbocycles. The van der Waals surface area contributed by atoms with Crippen molar-refractivity contribution in [3.8, 4) is 0 Å². The summed E-state index contributed by atoms with van der Waals surface area (Å²) in [5.41, 5.74) is 0. The Bertz CT molecular complexity index is 165. The molecular formula is C14H30O5. The van der Waals surface area contributed by atoms with E-state index in [9.17, 15) is 4.79 Å². The number of rotatable bonds is 11. The van der Waals surface area contributed by atoms with Crippen molar-refractivity contribution in [2.75, 3.05) is 39.6 Å². The first kappa shape index (κ1) is 20.7. The molecule has 0 aromatic carbocycles. The van der Waals surface area contributed by atoms with Crippen molar-refractivity contribution >= 4 is 5.97 Å². The van der Waals surface area contributed by atoms with Gasteiger partial charge < -0.3 is 19.3 Å². The molecule has 5 nitrogen and oxygen atoms in total. The molecule has 0 aromatic heterocycles. The molecule has 116 valence electrons. The van der Waals surface area contributed by atoms with Gasteiger partial charge in [-0.05, 0) is 12.8 Å². The average molecular weight is 278 g/mol.